The molecule has 1 aromatic heterocycles. The summed E-state index contributed by atoms with van der Waals surface area (Å²) in [5.74, 6) is -1.14. The van der Waals surface area contributed by atoms with Gasteiger partial charge in [-0.25, -0.2) is 0 Å². The molecule has 1 aliphatic heterocycles. The molecule has 1 fully saturated rings. The molecule has 0 bridgehead atoms. The van der Waals surface area contributed by atoms with Crippen LogP contribution in [0.1, 0.15) is 18.5 Å². The van der Waals surface area contributed by atoms with Gasteiger partial charge in [-0.05, 0) is 25.0 Å². The van der Waals surface area contributed by atoms with Gasteiger partial charge in [-0.15, -0.1) is 0 Å². The van der Waals surface area contributed by atoms with Crippen molar-refractivity contribution >= 4 is 17.6 Å². The second-order valence-corrected chi connectivity index (χ2v) is 5.23. The van der Waals surface area contributed by atoms with Crippen LogP contribution in [-0.2, 0) is 20.7 Å². The first-order valence-electron chi connectivity index (χ1n) is 6.80. The van der Waals surface area contributed by atoms with E-state index < -0.39 is 11.4 Å². The Morgan fingerprint density at radius 1 is 1.38 bits per heavy atom. The summed E-state index contributed by atoms with van der Waals surface area (Å²) in [6.07, 6.45) is 2.40. The summed E-state index contributed by atoms with van der Waals surface area (Å²) in [5.41, 5.74) is 5.72. The highest BCUT2D eigenvalue weighted by Gasteiger charge is 2.40. The Morgan fingerprint density at radius 3 is 2.67 bits per heavy atom. The predicted molar refractivity (Wildman–Crippen MR) is 75.5 cm³/mol. The second-order valence-electron chi connectivity index (χ2n) is 5.23. The number of carbonyl (C=O) groups is 2. The third kappa shape index (κ3) is 3.91. The van der Waals surface area contributed by atoms with Crippen molar-refractivity contribution in [3.8, 4) is 0 Å². The number of aromatic nitrogens is 1. The Morgan fingerprint density at radius 2 is 2.10 bits per heavy atom. The molecule has 4 N–H and O–H groups in total. The Labute approximate surface area is 122 Å². The molecule has 1 aliphatic rings. The van der Waals surface area contributed by atoms with Crippen LogP contribution in [0.2, 0.25) is 0 Å². The number of nitrogens with one attached hydrogen (secondary N) is 1. The number of carboxylic acid groups (broad SMARTS) is 1. The van der Waals surface area contributed by atoms with Crippen LogP contribution in [0.25, 0.3) is 0 Å². The first kappa shape index (κ1) is 15.2. The lowest BCUT2D eigenvalue weighted by molar-refractivity contribution is -0.154. The number of nitrogens with zero attached hydrogens (tertiary/aromatic N) is 1. The number of pyridine rings is 1. The molecule has 2 rings (SSSR count). The molecule has 0 atom stereocenters. The van der Waals surface area contributed by atoms with E-state index in [1.165, 1.54) is 6.20 Å². The first-order chi connectivity index (χ1) is 10.0. The lowest BCUT2D eigenvalue weighted by Crippen LogP contribution is -2.46. The molecule has 1 aromatic rings. The smallest absolute Gasteiger partial charge is 0.311 e. The molecule has 21 heavy (non-hydrogen) atoms. The van der Waals surface area contributed by atoms with E-state index in [1.807, 2.05) is 0 Å². The standard InChI is InChI=1S/C14H19N3O4/c15-10-1-2-11(16-8-10)7-12(18)17-9-14(13(19)20)3-5-21-6-4-14/h1-2,8H,3-7,9,15H2,(H,17,18)(H,19,20). The van der Waals surface area contributed by atoms with Crippen LogP contribution in [-0.4, -0.2) is 41.7 Å². The Balaban J connectivity index is 1.90. The fourth-order valence-corrected chi connectivity index (χ4v) is 2.26. The van der Waals surface area contributed by atoms with Crippen LogP contribution < -0.4 is 11.1 Å². The van der Waals surface area contributed by atoms with Gasteiger partial charge in [0.1, 0.15) is 0 Å². The van der Waals surface area contributed by atoms with Crippen LogP contribution in [0.15, 0.2) is 18.3 Å². The second kappa shape index (κ2) is 6.53. The molecule has 0 aromatic carbocycles. The van der Waals surface area contributed by atoms with Crippen molar-refractivity contribution in [3.05, 3.63) is 24.0 Å². The van der Waals surface area contributed by atoms with E-state index in [-0.39, 0.29) is 18.9 Å². The number of rotatable bonds is 5. The van der Waals surface area contributed by atoms with Crippen LogP contribution in [0, 0.1) is 5.41 Å². The minimum Gasteiger partial charge on any atom is -0.481 e. The van der Waals surface area contributed by atoms with Crippen molar-refractivity contribution in [2.75, 3.05) is 25.5 Å². The summed E-state index contributed by atoms with van der Waals surface area (Å²) in [5, 5.41) is 12.1. The van der Waals surface area contributed by atoms with Crippen LogP contribution in [0.5, 0.6) is 0 Å². The highest BCUT2D eigenvalue weighted by atomic mass is 16.5. The average molecular weight is 293 g/mol. The van der Waals surface area contributed by atoms with Gasteiger partial charge in [0, 0.05) is 25.5 Å². The van der Waals surface area contributed by atoms with Gasteiger partial charge < -0.3 is 20.9 Å². The lowest BCUT2D eigenvalue weighted by Gasteiger charge is -2.33. The molecule has 0 radical (unpaired) electrons. The molecule has 0 saturated carbocycles. The summed E-state index contributed by atoms with van der Waals surface area (Å²) in [7, 11) is 0. The fraction of sp³-hybridized carbons (Fsp3) is 0.500. The summed E-state index contributed by atoms with van der Waals surface area (Å²) in [4.78, 5) is 27.4. The predicted octanol–water partition coefficient (Wildman–Crippen LogP) is 0.204. The molecular weight excluding hydrogens is 274 g/mol. The van der Waals surface area contributed by atoms with Gasteiger partial charge >= 0.3 is 5.97 Å². The van der Waals surface area contributed by atoms with Gasteiger partial charge in [-0.2, -0.15) is 0 Å². The zero-order valence-electron chi connectivity index (χ0n) is 11.7. The molecule has 7 nitrogen and oxygen atoms in total. The van der Waals surface area contributed by atoms with E-state index in [2.05, 4.69) is 10.3 Å². The molecule has 0 aliphatic carbocycles. The van der Waals surface area contributed by atoms with Crippen molar-refractivity contribution in [2.24, 2.45) is 5.41 Å². The summed E-state index contributed by atoms with van der Waals surface area (Å²) in [6.45, 7) is 0.920. The van der Waals surface area contributed by atoms with Gasteiger partial charge in [0.05, 0.1) is 23.7 Å². The molecule has 0 spiro atoms. The zero-order chi connectivity index (χ0) is 15.3. The first-order valence-corrected chi connectivity index (χ1v) is 6.80. The van der Waals surface area contributed by atoms with Crippen molar-refractivity contribution in [1.29, 1.82) is 0 Å². The number of nitrogens with two attached hydrogens (primary N) is 1. The number of nitrogen functional groups attached to an aromatic ring is 1. The number of amides is 1. The Hall–Kier alpha value is -2.15. The monoisotopic (exact) mass is 293 g/mol. The van der Waals surface area contributed by atoms with Crippen LogP contribution >= 0.6 is 0 Å². The Bertz CT molecular complexity index is 509. The fourth-order valence-electron chi connectivity index (χ4n) is 2.26. The van der Waals surface area contributed by atoms with Crippen molar-refractivity contribution in [3.63, 3.8) is 0 Å². The number of carboxylic acids is 1. The highest BCUT2D eigenvalue weighted by molar-refractivity contribution is 5.80. The van der Waals surface area contributed by atoms with E-state index in [4.69, 9.17) is 10.5 Å². The minimum absolute atomic E-state index is 0.104. The third-order valence-corrected chi connectivity index (χ3v) is 3.72. The number of hydrogen-bond donors (Lipinski definition) is 3. The molecule has 1 amide bonds. The maximum Gasteiger partial charge on any atom is 0.311 e. The number of aliphatic carboxylic acids is 1. The number of ether oxygens (including phenoxy) is 1. The quantitative estimate of drug-likeness (QED) is 0.714. The van der Waals surface area contributed by atoms with E-state index in [9.17, 15) is 14.7 Å². The number of hydrogen-bond acceptors (Lipinski definition) is 5. The molecule has 7 heteroatoms. The normalized spacial score (nSPS) is 17.1. The SMILES string of the molecule is Nc1ccc(CC(=O)NCC2(C(=O)O)CCOCC2)nc1. The van der Waals surface area contributed by atoms with Crippen molar-refractivity contribution < 1.29 is 19.4 Å². The maximum atomic E-state index is 11.9. The average Bonchev–Trinajstić information content (AvgIpc) is 2.48. The summed E-state index contributed by atoms with van der Waals surface area (Å²) >= 11 is 0. The lowest BCUT2D eigenvalue weighted by atomic mass is 9.80. The zero-order valence-corrected chi connectivity index (χ0v) is 11.7. The Kier molecular flexibility index (Phi) is 4.74. The van der Waals surface area contributed by atoms with Gasteiger partial charge in [0.2, 0.25) is 5.91 Å². The van der Waals surface area contributed by atoms with Gasteiger partial charge in [0.25, 0.3) is 0 Å². The molecular formula is C14H19N3O4. The molecule has 0 unspecified atom stereocenters. The molecule has 114 valence electrons. The minimum atomic E-state index is -0.928. The summed E-state index contributed by atoms with van der Waals surface area (Å²) in [6, 6.07) is 3.35. The van der Waals surface area contributed by atoms with Gasteiger partial charge in [-0.3, -0.25) is 14.6 Å². The van der Waals surface area contributed by atoms with Gasteiger partial charge in [-0.1, -0.05) is 0 Å². The molecule has 1 saturated heterocycles. The van der Waals surface area contributed by atoms with E-state index in [0.29, 0.717) is 37.4 Å². The van der Waals surface area contributed by atoms with E-state index in [1.54, 1.807) is 12.1 Å². The van der Waals surface area contributed by atoms with Gasteiger partial charge in [0.15, 0.2) is 0 Å². The third-order valence-electron chi connectivity index (χ3n) is 3.72. The van der Waals surface area contributed by atoms with Crippen molar-refractivity contribution in [1.82, 2.24) is 10.3 Å². The topological polar surface area (TPSA) is 115 Å². The summed E-state index contributed by atoms with van der Waals surface area (Å²) < 4.78 is 5.19. The number of carbonyl (C=O) groups excluding carboxylic acids is 1. The highest BCUT2D eigenvalue weighted by Crippen LogP contribution is 2.30. The van der Waals surface area contributed by atoms with Crippen LogP contribution in [0.4, 0.5) is 5.69 Å². The van der Waals surface area contributed by atoms with E-state index >= 15 is 0 Å². The van der Waals surface area contributed by atoms with Crippen LogP contribution in [0.3, 0.4) is 0 Å². The maximum absolute atomic E-state index is 11.9. The number of anilines is 1. The van der Waals surface area contributed by atoms with E-state index in [0.717, 1.165) is 0 Å². The molecule has 2 heterocycles. The largest absolute Gasteiger partial charge is 0.481 e. The van der Waals surface area contributed by atoms with Crippen molar-refractivity contribution in [2.45, 2.75) is 19.3 Å².